The number of alkyl halides is 2. The fourth-order valence-electron chi connectivity index (χ4n) is 0.191. The van der Waals surface area contributed by atoms with E-state index in [0.717, 1.165) is 0 Å². The fraction of sp³-hybridized carbons (Fsp3) is 0.750. The van der Waals surface area contributed by atoms with Gasteiger partial charge in [0.2, 0.25) is 0 Å². The Morgan fingerprint density at radius 3 is 2.50 bits per heavy atom. The summed E-state index contributed by atoms with van der Waals surface area (Å²) >= 11 is 6.19. The Labute approximate surface area is 64.8 Å². The number of halogens is 2. The van der Waals surface area contributed by atoms with E-state index in [1.165, 1.54) is 7.11 Å². The Balaban J connectivity index is 3.46. The van der Waals surface area contributed by atoms with E-state index in [-0.39, 0.29) is 10.8 Å². The molecule has 0 aliphatic carbocycles. The lowest BCUT2D eigenvalue weighted by Crippen LogP contribution is -2.16. The molecule has 0 aliphatic rings. The van der Waals surface area contributed by atoms with E-state index in [9.17, 15) is 4.79 Å². The summed E-state index contributed by atoms with van der Waals surface area (Å²) in [5.74, 6) is -0.248. The number of esters is 1. The molecule has 0 aromatic heterocycles. The van der Waals surface area contributed by atoms with Crippen LogP contribution in [0.5, 0.6) is 0 Å². The van der Waals surface area contributed by atoms with E-state index in [4.69, 9.17) is 0 Å². The van der Waals surface area contributed by atoms with E-state index >= 15 is 0 Å². The zero-order valence-electron chi connectivity index (χ0n) is 4.36. The number of methoxy groups -OCH3 is 1. The molecule has 0 aromatic rings. The second-order valence-electron chi connectivity index (χ2n) is 1.14. The molecule has 0 aromatic carbocycles. The molecule has 8 heavy (non-hydrogen) atoms. The zero-order chi connectivity index (χ0) is 6.57. The zero-order valence-corrected chi connectivity index (χ0v) is 7.53. The van der Waals surface area contributed by atoms with E-state index < -0.39 is 0 Å². The molecule has 2 nitrogen and oxygen atoms in total. The highest BCUT2D eigenvalue weighted by atomic mass is 79.9. The number of carbonyl (C=O) groups excluding carboxylic acids is 1. The van der Waals surface area contributed by atoms with Crippen molar-refractivity contribution in [3.8, 4) is 0 Å². The summed E-state index contributed by atoms with van der Waals surface area (Å²) < 4.78 is 4.39. The Morgan fingerprint density at radius 2 is 2.38 bits per heavy atom. The van der Waals surface area contributed by atoms with Gasteiger partial charge in [-0.1, -0.05) is 31.9 Å². The summed E-state index contributed by atoms with van der Waals surface area (Å²) in [6.45, 7) is 0. The largest absolute Gasteiger partial charge is 0.468 e. The average Bonchev–Trinajstić information content (AvgIpc) is 1.84. The lowest BCUT2D eigenvalue weighted by Gasteiger charge is -2.00. The van der Waals surface area contributed by atoms with Crippen molar-refractivity contribution < 1.29 is 9.53 Å². The summed E-state index contributed by atoms with van der Waals surface area (Å²) in [6, 6.07) is 0. The maximum atomic E-state index is 10.4. The first-order valence-corrected chi connectivity index (χ1v) is 4.04. The van der Waals surface area contributed by atoms with E-state index in [1.807, 2.05) is 0 Å². The van der Waals surface area contributed by atoms with Gasteiger partial charge in [0, 0.05) is 5.33 Å². The summed E-state index contributed by atoms with van der Waals surface area (Å²) in [6.07, 6.45) is 0. The molecule has 0 heterocycles. The second kappa shape index (κ2) is 4.32. The molecule has 0 unspecified atom stereocenters. The molecule has 0 N–H and O–H groups in total. The van der Waals surface area contributed by atoms with Crippen LogP contribution in [0.4, 0.5) is 0 Å². The highest BCUT2D eigenvalue weighted by Gasteiger charge is 2.11. The molecule has 0 saturated heterocycles. The Hall–Kier alpha value is 0.430. The Bertz CT molecular complexity index is 84.1. The van der Waals surface area contributed by atoms with Crippen LogP contribution >= 0.6 is 31.9 Å². The van der Waals surface area contributed by atoms with Gasteiger partial charge in [0.1, 0.15) is 4.83 Å². The molecule has 0 fully saturated rings. The minimum atomic E-state index is -0.248. The van der Waals surface area contributed by atoms with E-state index in [2.05, 4.69) is 36.6 Å². The van der Waals surface area contributed by atoms with Crippen LogP contribution in [0, 0.1) is 0 Å². The van der Waals surface area contributed by atoms with Crippen molar-refractivity contribution in [3.63, 3.8) is 0 Å². The number of hydrogen-bond acceptors (Lipinski definition) is 2. The van der Waals surface area contributed by atoms with Crippen LogP contribution in [-0.2, 0) is 9.53 Å². The average molecular weight is 246 g/mol. The number of ether oxygens (including phenoxy) is 1. The smallest absolute Gasteiger partial charge is 0.320 e. The topological polar surface area (TPSA) is 26.3 Å². The van der Waals surface area contributed by atoms with Gasteiger partial charge < -0.3 is 4.74 Å². The molecule has 0 spiro atoms. The van der Waals surface area contributed by atoms with Gasteiger partial charge in [0.25, 0.3) is 0 Å². The Morgan fingerprint density at radius 1 is 1.88 bits per heavy atom. The van der Waals surface area contributed by atoms with E-state index in [1.54, 1.807) is 0 Å². The van der Waals surface area contributed by atoms with Gasteiger partial charge in [-0.2, -0.15) is 0 Å². The molecule has 4 heteroatoms. The van der Waals surface area contributed by atoms with E-state index in [0.29, 0.717) is 5.33 Å². The lowest BCUT2D eigenvalue weighted by atomic mass is 10.5. The maximum absolute atomic E-state index is 10.4. The summed E-state index contributed by atoms with van der Waals surface area (Å²) in [5, 5.41) is 0.583. The predicted molar refractivity (Wildman–Crippen MR) is 38.5 cm³/mol. The van der Waals surface area contributed by atoms with Crippen LogP contribution in [0.3, 0.4) is 0 Å². The van der Waals surface area contributed by atoms with Crippen LogP contribution in [0.2, 0.25) is 0 Å². The van der Waals surface area contributed by atoms with Crippen molar-refractivity contribution in [3.05, 3.63) is 0 Å². The van der Waals surface area contributed by atoms with Gasteiger partial charge >= 0.3 is 5.97 Å². The van der Waals surface area contributed by atoms with Gasteiger partial charge in [-0.3, -0.25) is 4.79 Å². The van der Waals surface area contributed by atoms with Crippen molar-refractivity contribution >= 4 is 37.8 Å². The SMILES string of the molecule is COC(=O)[C@H](Br)CBr. The first kappa shape index (κ1) is 8.43. The lowest BCUT2D eigenvalue weighted by molar-refractivity contribution is -0.139. The van der Waals surface area contributed by atoms with Crippen molar-refractivity contribution in [1.82, 2.24) is 0 Å². The Kier molecular flexibility index (Phi) is 4.56. The monoisotopic (exact) mass is 244 g/mol. The minimum Gasteiger partial charge on any atom is -0.468 e. The number of rotatable bonds is 2. The van der Waals surface area contributed by atoms with Crippen molar-refractivity contribution in [2.75, 3.05) is 12.4 Å². The minimum absolute atomic E-state index is 0.215. The van der Waals surface area contributed by atoms with Gasteiger partial charge in [0.05, 0.1) is 7.11 Å². The first-order chi connectivity index (χ1) is 3.72. The van der Waals surface area contributed by atoms with Gasteiger partial charge in [-0.25, -0.2) is 0 Å². The van der Waals surface area contributed by atoms with Gasteiger partial charge in [-0.05, 0) is 0 Å². The van der Waals surface area contributed by atoms with Crippen molar-refractivity contribution in [2.24, 2.45) is 0 Å². The summed E-state index contributed by atoms with van der Waals surface area (Å²) in [7, 11) is 1.36. The molecule has 48 valence electrons. The third-order valence-electron chi connectivity index (χ3n) is 0.592. The molecule has 0 aliphatic heterocycles. The first-order valence-electron chi connectivity index (χ1n) is 2.00. The molecule has 0 bridgehead atoms. The molecule has 0 saturated carbocycles. The van der Waals surface area contributed by atoms with Gasteiger partial charge in [-0.15, -0.1) is 0 Å². The standard InChI is InChI=1S/C4H6Br2O2/c1-8-4(7)3(6)2-5/h3H,2H2,1H3/t3-/m1/s1. The summed E-state index contributed by atoms with van der Waals surface area (Å²) in [5.41, 5.74) is 0. The molecule has 0 amide bonds. The molecule has 1 atom stereocenters. The van der Waals surface area contributed by atoms with Crippen LogP contribution in [-0.4, -0.2) is 23.2 Å². The fourth-order valence-corrected chi connectivity index (χ4v) is 0.642. The van der Waals surface area contributed by atoms with Crippen molar-refractivity contribution in [2.45, 2.75) is 4.83 Å². The molecule has 0 rings (SSSR count). The van der Waals surface area contributed by atoms with Crippen molar-refractivity contribution in [1.29, 1.82) is 0 Å². The number of carbonyl (C=O) groups is 1. The highest BCUT2D eigenvalue weighted by molar-refractivity contribution is 9.12. The predicted octanol–water partition coefficient (Wildman–Crippen LogP) is 1.32. The number of hydrogen-bond donors (Lipinski definition) is 0. The normalized spacial score (nSPS) is 12.9. The molecular formula is C4H6Br2O2. The van der Waals surface area contributed by atoms with Gasteiger partial charge in [0.15, 0.2) is 0 Å². The third-order valence-corrected chi connectivity index (χ3v) is 2.81. The second-order valence-corrected chi connectivity index (χ2v) is 2.90. The van der Waals surface area contributed by atoms with Crippen LogP contribution in [0.1, 0.15) is 0 Å². The maximum Gasteiger partial charge on any atom is 0.320 e. The summed E-state index contributed by atoms with van der Waals surface area (Å²) in [4.78, 5) is 10.2. The van der Waals surface area contributed by atoms with Crippen LogP contribution in [0.15, 0.2) is 0 Å². The third kappa shape index (κ3) is 2.67. The quantitative estimate of drug-likeness (QED) is 0.542. The molecular weight excluding hydrogens is 240 g/mol. The van der Waals surface area contributed by atoms with Crippen LogP contribution < -0.4 is 0 Å². The molecule has 0 radical (unpaired) electrons. The van der Waals surface area contributed by atoms with Crippen LogP contribution in [0.25, 0.3) is 0 Å². The highest BCUT2D eigenvalue weighted by Crippen LogP contribution is 2.04.